The summed E-state index contributed by atoms with van der Waals surface area (Å²) in [5, 5.41) is 15.4. The molecule has 0 bridgehead atoms. The zero-order valence-corrected chi connectivity index (χ0v) is 31.3. The molecule has 0 aliphatic rings. The molecule has 6 rings (SSSR count). The van der Waals surface area contributed by atoms with E-state index in [1.165, 1.54) is 38.8 Å². The Morgan fingerprint density at radius 1 is 0.451 bits per heavy atom. The maximum atomic E-state index is 9.75. The maximum absolute atomic E-state index is 9.75. The number of hydrogen-bond donors (Lipinski definition) is 0. The standard InChI is InChI=1S/2C19H17OP.C2H3N.BF4.Cu/c2*1-20-18-14-8-9-15-19(18)21(16-10-4-2-5-11-16)17-12-6-3-7-13-17;1-2-3;2-1(3,4)5;/h2*2-15H,1H3;1H3;;/q;;;-1;+1/p+2. The molecule has 266 valence electrons. The molecule has 0 radical (unpaired) electrons. The van der Waals surface area contributed by atoms with Gasteiger partial charge < -0.3 is 26.7 Å². The van der Waals surface area contributed by atoms with E-state index in [1.807, 2.05) is 24.3 Å². The van der Waals surface area contributed by atoms with Crippen LogP contribution in [0.25, 0.3) is 0 Å². The van der Waals surface area contributed by atoms with Crippen LogP contribution in [0.5, 0.6) is 11.5 Å². The summed E-state index contributed by atoms with van der Waals surface area (Å²) in [4.78, 5) is 0. The first-order chi connectivity index (χ1) is 24.2. The van der Waals surface area contributed by atoms with Gasteiger partial charge in [-0.3, -0.25) is 0 Å². The van der Waals surface area contributed by atoms with Gasteiger partial charge in [-0.2, -0.15) is 5.26 Å². The molecule has 0 amide bonds. The van der Waals surface area contributed by atoms with Crippen molar-refractivity contribution in [2.75, 3.05) is 14.2 Å². The molecule has 11 heteroatoms. The van der Waals surface area contributed by atoms with Gasteiger partial charge >= 0.3 is 24.3 Å². The molecule has 0 aromatic heterocycles. The smallest absolute Gasteiger partial charge is 0.493 e. The molecule has 0 aliphatic heterocycles. The van der Waals surface area contributed by atoms with Crippen molar-refractivity contribution in [2.45, 2.75) is 6.92 Å². The molecule has 6 aromatic rings. The second-order valence-corrected chi connectivity index (χ2v) is 15.2. The average Bonchev–Trinajstić information content (AvgIpc) is 3.14. The second kappa shape index (κ2) is 23.1. The number of nitriles is 1. The van der Waals surface area contributed by atoms with Gasteiger partial charge in [-0.1, -0.05) is 97.1 Å². The minimum Gasteiger partial charge on any atom is -0.493 e. The van der Waals surface area contributed by atoms with E-state index in [-0.39, 0.29) is 17.1 Å². The molecule has 0 aliphatic carbocycles. The quantitative estimate of drug-likeness (QED) is 0.0890. The Morgan fingerprint density at radius 2 is 0.647 bits per heavy atom. The summed E-state index contributed by atoms with van der Waals surface area (Å²) in [6.07, 6.45) is 0. The van der Waals surface area contributed by atoms with E-state index in [4.69, 9.17) is 14.7 Å². The zero-order chi connectivity index (χ0) is 36.2. The van der Waals surface area contributed by atoms with Gasteiger partial charge in [-0.15, -0.1) is 0 Å². The van der Waals surface area contributed by atoms with Crippen LogP contribution >= 0.6 is 15.8 Å². The molecule has 3 nitrogen and oxygen atoms in total. The Labute approximate surface area is 311 Å². The third-order valence-corrected chi connectivity index (χ3v) is 12.5. The van der Waals surface area contributed by atoms with Crippen LogP contribution in [0.2, 0.25) is 0 Å². The minimum absolute atomic E-state index is 0. The predicted octanol–water partition coefficient (Wildman–Crippen LogP) is 8.20. The third kappa shape index (κ3) is 14.4. The molecule has 0 N–H and O–H groups in total. The minimum atomic E-state index is -6.00. The summed E-state index contributed by atoms with van der Waals surface area (Å²) in [6.45, 7) is 1.43. The van der Waals surface area contributed by atoms with Gasteiger partial charge in [0.05, 0.1) is 20.3 Å². The molecular weight excluding hydrogens is 739 g/mol. The summed E-state index contributed by atoms with van der Waals surface area (Å²) in [6, 6.07) is 61.3. The van der Waals surface area contributed by atoms with Crippen LogP contribution in [0, 0.1) is 11.3 Å². The van der Waals surface area contributed by atoms with E-state index >= 15 is 0 Å². The first-order valence-electron chi connectivity index (χ1n) is 15.6. The Kier molecular flexibility index (Phi) is 19.4. The molecule has 0 spiro atoms. The van der Waals surface area contributed by atoms with Crippen LogP contribution in [-0.4, -0.2) is 21.5 Å². The number of nitrogens with zero attached hydrogens (tertiary/aromatic N) is 1. The molecule has 0 saturated heterocycles. The molecule has 0 fully saturated rings. The molecular formula is C40H39BCuF4NO2P2+2. The van der Waals surface area contributed by atoms with Crippen molar-refractivity contribution in [1.82, 2.24) is 0 Å². The van der Waals surface area contributed by atoms with Gasteiger partial charge in [-0.05, 0) is 72.8 Å². The van der Waals surface area contributed by atoms with Crippen LogP contribution in [0.1, 0.15) is 6.92 Å². The Hall–Kier alpha value is -4.43. The van der Waals surface area contributed by atoms with Gasteiger partial charge in [0.2, 0.25) is 0 Å². The van der Waals surface area contributed by atoms with Gasteiger partial charge in [0.1, 0.15) is 47.7 Å². The summed E-state index contributed by atoms with van der Waals surface area (Å²) >= 11 is 0. The normalized spacial score (nSPS) is 10.0. The van der Waals surface area contributed by atoms with E-state index < -0.39 is 23.1 Å². The fourth-order valence-corrected chi connectivity index (χ4v) is 10.5. The third-order valence-electron chi connectivity index (χ3n) is 7.00. The van der Waals surface area contributed by atoms with Gasteiger partial charge in [0.25, 0.3) is 0 Å². The molecule has 6 aromatic carbocycles. The van der Waals surface area contributed by atoms with Crippen LogP contribution in [0.4, 0.5) is 17.3 Å². The topological polar surface area (TPSA) is 42.2 Å². The first-order valence-corrected chi connectivity index (χ1v) is 18.6. The maximum Gasteiger partial charge on any atom is 1.00 e. The van der Waals surface area contributed by atoms with E-state index in [1.54, 1.807) is 20.3 Å². The van der Waals surface area contributed by atoms with Crippen LogP contribution in [-0.2, 0) is 17.1 Å². The molecule has 0 heterocycles. The largest absolute Gasteiger partial charge is 1.00 e. The van der Waals surface area contributed by atoms with Crippen molar-refractivity contribution < 1.29 is 43.8 Å². The number of methoxy groups -OCH3 is 2. The average molecular weight is 778 g/mol. The van der Waals surface area contributed by atoms with E-state index in [9.17, 15) is 17.3 Å². The molecule has 0 unspecified atom stereocenters. The van der Waals surface area contributed by atoms with Crippen LogP contribution in [0.3, 0.4) is 0 Å². The van der Waals surface area contributed by atoms with Crippen LogP contribution in [0.15, 0.2) is 170 Å². The van der Waals surface area contributed by atoms with Crippen molar-refractivity contribution in [3.63, 3.8) is 0 Å². The first kappa shape index (κ1) is 42.7. The van der Waals surface area contributed by atoms with E-state index in [2.05, 4.69) is 146 Å². The fourth-order valence-electron chi connectivity index (χ4n) is 5.08. The van der Waals surface area contributed by atoms with Crippen molar-refractivity contribution >= 4 is 54.9 Å². The zero-order valence-electron chi connectivity index (χ0n) is 28.3. The number of ether oxygens (including phenoxy) is 2. The van der Waals surface area contributed by atoms with Crippen molar-refractivity contribution in [2.24, 2.45) is 0 Å². The molecule has 0 atom stereocenters. The van der Waals surface area contributed by atoms with Crippen molar-refractivity contribution in [3.8, 4) is 17.6 Å². The summed E-state index contributed by atoms with van der Waals surface area (Å²) < 4.78 is 50.2. The fraction of sp³-hybridized carbons (Fsp3) is 0.0750. The SMILES string of the molecule is CC#N.COc1ccccc1[PH+](c1ccccc1)c1ccccc1.COc1ccccc1[PH+](c1ccccc1)c1ccccc1.F[B-](F)(F)F.[Cu+]. The second-order valence-electron chi connectivity index (χ2n) is 10.3. The monoisotopic (exact) mass is 777 g/mol. The van der Waals surface area contributed by atoms with Gasteiger partial charge in [-0.25, -0.2) is 0 Å². The Morgan fingerprint density at radius 3 is 0.863 bits per heavy atom. The van der Waals surface area contributed by atoms with Crippen molar-refractivity contribution in [3.05, 3.63) is 170 Å². The Bertz CT molecular complexity index is 1660. The van der Waals surface area contributed by atoms with Gasteiger partial charge in [0.15, 0.2) is 11.5 Å². The van der Waals surface area contributed by atoms with E-state index in [0.29, 0.717) is 0 Å². The summed E-state index contributed by atoms with van der Waals surface area (Å²) in [7, 11) is -4.60. The number of hydrogen-bond acceptors (Lipinski definition) is 3. The van der Waals surface area contributed by atoms with Gasteiger partial charge in [0, 0.05) is 6.92 Å². The number of benzene rings is 6. The summed E-state index contributed by atoms with van der Waals surface area (Å²) in [5.74, 6) is 1.94. The number of rotatable bonds is 8. The Balaban J connectivity index is 0.000000288. The number of para-hydroxylation sites is 2. The van der Waals surface area contributed by atoms with Crippen molar-refractivity contribution in [1.29, 1.82) is 5.26 Å². The summed E-state index contributed by atoms with van der Waals surface area (Å²) in [5.41, 5.74) is 0. The van der Waals surface area contributed by atoms with Crippen LogP contribution < -0.4 is 41.3 Å². The van der Waals surface area contributed by atoms with E-state index in [0.717, 1.165) is 11.5 Å². The number of halogens is 4. The predicted molar refractivity (Wildman–Crippen MR) is 208 cm³/mol. The molecule has 51 heavy (non-hydrogen) atoms. The molecule has 0 saturated carbocycles.